The largest absolute Gasteiger partial charge is 0.307 e. The molecule has 0 aromatic rings. The Morgan fingerprint density at radius 1 is 1.67 bits per heavy atom. The molecule has 66 valence electrons. The summed E-state index contributed by atoms with van der Waals surface area (Å²) in [5.74, 6) is -0.188. The number of nitrogens with zero attached hydrogens (tertiary/aromatic N) is 1. The van der Waals surface area contributed by atoms with Gasteiger partial charge in [-0.2, -0.15) is 0 Å². The topological polar surface area (TPSA) is 49.4 Å². The molecule has 0 aromatic heterocycles. The lowest BCUT2D eigenvalue weighted by Crippen LogP contribution is -2.33. The van der Waals surface area contributed by atoms with Crippen molar-refractivity contribution in [3.63, 3.8) is 0 Å². The monoisotopic (exact) mass is 280 g/mol. The van der Waals surface area contributed by atoms with Crippen molar-refractivity contribution in [3.8, 4) is 0 Å². The second-order valence-electron chi connectivity index (χ2n) is 2.56. The molecule has 12 heavy (non-hydrogen) atoms. The molecular formula is C7H9IN2O2. The van der Waals surface area contributed by atoms with E-state index in [9.17, 15) is 9.59 Å². The molecule has 1 rings (SSSR count). The Hall–Kier alpha value is -0.590. The third-order valence-corrected chi connectivity index (χ3v) is 2.32. The lowest BCUT2D eigenvalue weighted by Gasteiger charge is -2.14. The second kappa shape index (κ2) is 3.88. The van der Waals surface area contributed by atoms with Gasteiger partial charge in [-0.05, 0) is 6.42 Å². The van der Waals surface area contributed by atoms with E-state index in [0.29, 0.717) is 12.8 Å². The van der Waals surface area contributed by atoms with Gasteiger partial charge >= 0.3 is 0 Å². The molecule has 1 aliphatic rings. The van der Waals surface area contributed by atoms with Gasteiger partial charge in [0, 0.05) is 12.1 Å². The van der Waals surface area contributed by atoms with E-state index < -0.39 is 0 Å². The highest BCUT2D eigenvalue weighted by molar-refractivity contribution is 14.1. The average molecular weight is 280 g/mol. The first-order valence-electron chi connectivity index (χ1n) is 3.52. The number of hydrogen-bond acceptors (Lipinski definition) is 2. The van der Waals surface area contributed by atoms with Crippen LogP contribution in [0.15, 0.2) is 12.3 Å². The Morgan fingerprint density at radius 3 is 2.75 bits per heavy atom. The number of amides is 2. The Morgan fingerprint density at radius 2 is 2.33 bits per heavy atom. The molecular weight excluding hydrogens is 271 g/mol. The van der Waals surface area contributed by atoms with Crippen LogP contribution in [0.5, 0.6) is 0 Å². The van der Waals surface area contributed by atoms with E-state index >= 15 is 0 Å². The molecule has 1 aliphatic heterocycles. The number of allylic oxidation sites excluding steroid dienone is 1. The zero-order chi connectivity index (χ0) is 9.14. The molecule has 5 heteroatoms. The van der Waals surface area contributed by atoms with Gasteiger partial charge in [-0.3, -0.25) is 13.1 Å². The van der Waals surface area contributed by atoms with E-state index in [0.717, 1.165) is 5.70 Å². The van der Waals surface area contributed by atoms with Gasteiger partial charge in [-0.1, -0.05) is 6.58 Å². The molecule has 0 aromatic carbocycles. The van der Waals surface area contributed by atoms with Crippen LogP contribution < -0.4 is 3.53 Å². The third kappa shape index (κ3) is 1.96. The maximum absolute atomic E-state index is 11.1. The maximum atomic E-state index is 11.1. The summed E-state index contributed by atoms with van der Waals surface area (Å²) < 4.78 is 2.43. The van der Waals surface area contributed by atoms with Crippen molar-refractivity contribution in [1.29, 1.82) is 0 Å². The summed E-state index contributed by atoms with van der Waals surface area (Å²) in [6.07, 6.45) is 1.15. The van der Waals surface area contributed by atoms with Crippen LogP contribution in [0.25, 0.3) is 0 Å². The van der Waals surface area contributed by atoms with E-state index in [1.807, 2.05) is 0 Å². The summed E-state index contributed by atoms with van der Waals surface area (Å²) in [5.41, 5.74) is 0.736. The van der Waals surface area contributed by atoms with Gasteiger partial charge in [0.1, 0.15) is 6.54 Å². The van der Waals surface area contributed by atoms with E-state index in [-0.39, 0.29) is 18.4 Å². The van der Waals surface area contributed by atoms with Crippen LogP contribution >= 0.6 is 22.9 Å². The van der Waals surface area contributed by atoms with E-state index in [2.05, 4.69) is 10.1 Å². The summed E-state index contributed by atoms with van der Waals surface area (Å²) in [6.45, 7) is 3.79. The fraction of sp³-hybridized carbons (Fsp3) is 0.429. The molecule has 1 N–H and O–H groups in total. The van der Waals surface area contributed by atoms with Crippen LogP contribution in [0.1, 0.15) is 12.8 Å². The number of likely N-dealkylation sites (tertiary alicyclic amines) is 1. The number of halogens is 1. The second-order valence-corrected chi connectivity index (χ2v) is 3.10. The SMILES string of the molecule is C=C1CCC(=O)N1CC(=O)NI. The lowest BCUT2D eigenvalue weighted by atomic mass is 10.3. The molecule has 0 aliphatic carbocycles. The fourth-order valence-electron chi connectivity index (χ4n) is 1.07. The summed E-state index contributed by atoms with van der Waals surface area (Å²) in [5, 5.41) is 0. The third-order valence-electron chi connectivity index (χ3n) is 1.72. The highest BCUT2D eigenvalue weighted by Crippen LogP contribution is 2.19. The van der Waals surface area contributed by atoms with Crippen LogP contribution in [-0.4, -0.2) is 23.3 Å². The Kier molecular flexibility index (Phi) is 3.07. The van der Waals surface area contributed by atoms with Crippen molar-refractivity contribution in [3.05, 3.63) is 12.3 Å². The number of hydrogen-bond donors (Lipinski definition) is 1. The van der Waals surface area contributed by atoms with Gasteiger partial charge in [0.25, 0.3) is 0 Å². The zero-order valence-electron chi connectivity index (χ0n) is 6.47. The highest BCUT2D eigenvalue weighted by atomic mass is 127. The molecule has 0 saturated carbocycles. The summed E-state index contributed by atoms with van der Waals surface area (Å²) in [6, 6.07) is 0. The lowest BCUT2D eigenvalue weighted by molar-refractivity contribution is -0.131. The van der Waals surface area contributed by atoms with Crippen LogP contribution in [-0.2, 0) is 9.59 Å². The van der Waals surface area contributed by atoms with Crippen LogP contribution in [0.4, 0.5) is 0 Å². The van der Waals surface area contributed by atoms with Crippen molar-refractivity contribution in [2.75, 3.05) is 6.54 Å². The van der Waals surface area contributed by atoms with Gasteiger partial charge in [0.15, 0.2) is 0 Å². The van der Waals surface area contributed by atoms with Crippen molar-refractivity contribution >= 4 is 34.7 Å². The highest BCUT2D eigenvalue weighted by Gasteiger charge is 2.25. The van der Waals surface area contributed by atoms with Gasteiger partial charge in [0.05, 0.1) is 22.9 Å². The summed E-state index contributed by atoms with van der Waals surface area (Å²) in [7, 11) is 0. The average Bonchev–Trinajstić information content (AvgIpc) is 2.35. The first-order valence-corrected chi connectivity index (χ1v) is 4.60. The number of carbonyl (C=O) groups is 2. The molecule has 1 fully saturated rings. The van der Waals surface area contributed by atoms with E-state index in [4.69, 9.17) is 0 Å². The summed E-state index contributed by atoms with van der Waals surface area (Å²) in [4.78, 5) is 23.4. The smallest absolute Gasteiger partial charge is 0.248 e. The normalized spacial score (nSPS) is 16.9. The Labute approximate surface area is 84.5 Å². The quantitative estimate of drug-likeness (QED) is 0.594. The Bertz CT molecular complexity index is 224. The standard InChI is InChI=1S/C7H9IN2O2/c1-5-2-3-7(12)10(5)4-6(11)9-8/h1-4H2,(H,9,11). The molecule has 0 spiro atoms. The van der Waals surface area contributed by atoms with Gasteiger partial charge < -0.3 is 4.90 Å². The van der Waals surface area contributed by atoms with E-state index in [1.54, 1.807) is 22.9 Å². The van der Waals surface area contributed by atoms with Crippen molar-refractivity contribution in [2.24, 2.45) is 0 Å². The van der Waals surface area contributed by atoms with Crippen LogP contribution in [0.2, 0.25) is 0 Å². The first kappa shape index (κ1) is 9.50. The van der Waals surface area contributed by atoms with Crippen LogP contribution in [0, 0.1) is 0 Å². The van der Waals surface area contributed by atoms with Gasteiger partial charge in [-0.25, -0.2) is 0 Å². The molecule has 1 saturated heterocycles. The summed E-state index contributed by atoms with van der Waals surface area (Å²) >= 11 is 1.75. The molecule has 0 unspecified atom stereocenters. The predicted octanol–water partition coefficient (Wildman–Crippen LogP) is 0.589. The molecule has 1 heterocycles. The number of rotatable bonds is 2. The van der Waals surface area contributed by atoms with Gasteiger partial charge in [-0.15, -0.1) is 0 Å². The van der Waals surface area contributed by atoms with E-state index in [1.165, 1.54) is 4.90 Å². The van der Waals surface area contributed by atoms with Crippen molar-refractivity contribution < 1.29 is 9.59 Å². The Balaban J connectivity index is 2.56. The van der Waals surface area contributed by atoms with Crippen LogP contribution in [0.3, 0.4) is 0 Å². The minimum Gasteiger partial charge on any atom is -0.307 e. The zero-order valence-corrected chi connectivity index (χ0v) is 8.63. The fourth-order valence-corrected chi connectivity index (χ4v) is 1.24. The maximum Gasteiger partial charge on any atom is 0.248 e. The molecule has 0 radical (unpaired) electrons. The first-order chi connectivity index (χ1) is 5.65. The van der Waals surface area contributed by atoms with Crippen molar-refractivity contribution in [2.45, 2.75) is 12.8 Å². The minimum atomic E-state index is -0.174. The minimum absolute atomic E-state index is 0.0139. The number of carbonyl (C=O) groups excluding carboxylic acids is 2. The molecule has 2 amide bonds. The molecule has 0 atom stereocenters. The predicted molar refractivity (Wildman–Crippen MR) is 52.2 cm³/mol. The van der Waals surface area contributed by atoms with Crippen molar-refractivity contribution in [1.82, 2.24) is 8.43 Å². The molecule has 0 bridgehead atoms. The molecule has 4 nitrogen and oxygen atoms in total. The van der Waals surface area contributed by atoms with Gasteiger partial charge in [0.2, 0.25) is 11.8 Å². The number of nitrogens with one attached hydrogen (secondary N) is 1.